The number of carbonyl (C=O) groups excluding carboxylic acids is 1. The van der Waals surface area contributed by atoms with E-state index in [0.717, 1.165) is 9.26 Å². The highest BCUT2D eigenvalue weighted by Gasteiger charge is 2.08. The molecule has 2 aromatic rings. The summed E-state index contributed by atoms with van der Waals surface area (Å²) in [5.41, 5.74) is 1.55. The Labute approximate surface area is 113 Å². The van der Waals surface area contributed by atoms with E-state index in [0.29, 0.717) is 12.1 Å². The number of rotatable bonds is 3. The first-order valence-corrected chi connectivity index (χ1v) is 6.26. The highest BCUT2D eigenvalue weighted by atomic mass is 127. The zero-order valence-electron chi connectivity index (χ0n) is 9.35. The van der Waals surface area contributed by atoms with Crippen LogP contribution in [0, 0.1) is 3.57 Å². The summed E-state index contributed by atoms with van der Waals surface area (Å²) in [6, 6.07) is 9.39. The van der Waals surface area contributed by atoms with Gasteiger partial charge in [-0.2, -0.15) is 5.10 Å². The van der Waals surface area contributed by atoms with Gasteiger partial charge in [0.25, 0.3) is 5.91 Å². The van der Waals surface area contributed by atoms with Gasteiger partial charge in [0.2, 0.25) is 0 Å². The summed E-state index contributed by atoms with van der Waals surface area (Å²) < 4.78 is 2.66. The van der Waals surface area contributed by atoms with Crippen molar-refractivity contribution in [2.45, 2.75) is 6.54 Å². The minimum Gasteiger partial charge on any atom is -0.346 e. The van der Waals surface area contributed by atoms with Crippen LogP contribution in [0.3, 0.4) is 0 Å². The maximum Gasteiger partial charge on any atom is 0.252 e. The first kappa shape index (κ1) is 12.1. The van der Waals surface area contributed by atoms with Gasteiger partial charge in [-0.15, -0.1) is 0 Å². The van der Waals surface area contributed by atoms with E-state index in [1.165, 1.54) is 0 Å². The Hall–Kier alpha value is -1.37. The third-order valence-electron chi connectivity index (χ3n) is 2.32. The van der Waals surface area contributed by atoms with Crippen LogP contribution in [0.4, 0.5) is 0 Å². The molecule has 1 N–H and O–H groups in total. The molecule has 1 amide bonds. The van der Waals surface area contributed by atoms with E-state index in [2.05, 4.69) is 33.0 Å². The smallest absolute Gasteiger partial charge is 0.252 e. The summed E-state index contributed by atoms with van der Waals surface area (Å²) in [7, 11) is 1.85. The fourth-order valence-corrected chi connectivity index (χ4v) is 2.10. The first-order chi connectivity index (χ1) is 8.16. The molecule has 0 fully saturated rings. The summed E-state index contributed by atoms with van der Waals surface area (Å²) in [4.78, 5) is 11.9. The molecule has 17 heavy (non-hydrogen) atoms. The molecule has 0 unspecified atom stereocenters. The third-order valence-corrected chi connectivity index (χ3v) is 3.26. The molecule has 2 rings (SSSR count). The second-order valence-electron chi connectivity index (χ2n) is 3.64. The highest BCUT2D eigenvalue weighted by Crippen LogP contribution is 2.11. The Balaban J connectivity index is 2.01. The number of halogens is 1. The predicted molar refractivity (Wildman–Crippen MR) is 73.5 cm³/mol. The zero-order chi connectivity index (χ0) is 12.3. The lowest BCUT2D eigenvalue weighted by molar-refractivity contribution is 0.0949. The molecule has 5 heteroatoms. The fourth-order valence-electron chi connectivity index (χ4n) is 1.47. The van der Waals surface area contributed by atoms with Crippen LogP contribution >= 0.6 is 22.6 Å². The molecule has 1 aromatic heterocycles. The van der Waals surface area contributed by atoms with E-state index in [1.54, 1.807) is 4.68 Å². The van der Waals surface area contributed by atoms with Gasteiger partial charge in [-0.25, -0.2) is 0 Å². The number of hydrogen-bond acceptors (Lipinski definition) is 2. The number of benzene rings is 1. The van der Waals surface area contributed by atoms with Gasteiger partial charge < -0.3 is 5.32 Å². The van der Waals surface area contributed by atoms with Crippen molar-refractivity contribution in [1.29, 1.82) is 0 Å². The standard InChI is InChI=1S/C12H12IN3O/c1-16-7-6-9(15-16)8-14-12(17)10-4-2-3-5-11(10)13/h2-7H,8H2,1H3,(H,14,17). The van der Waals surface area contributed by atoms with Crippen molar-refractivity contribution >= 4 is 28.5 Å². The van der Waals surface area contributed by atoms with Crippen LogP contribution < -0.4 is 5.32 Å². The molecule has 0 atom stereocenters. The number of nitrogens with zero attached hydrogens (tertiary/aromatic N) is 2. The summed E-state index contributed by atoms with van der Waals surface area (Å²) >= 11 is 2.15. The van der Waals surface area contributed by atoms with Gasteiger partial charge in [-0.05, 0) is 40.8 Å². The fraction of sp³-hybridized carbons (Fsp3) is 0.167. The summed E-state index contributed by atoms with van der Waals surface area (Å²) in [5, 5.41) is 7.05. The van der Waals surface area contributed by atoms with Crippen molar-refractivity contribution in [3.63, 3.8) is 0 Å². The second-order valence-corrected chi connectivity index (χ2v) is 4.81. The molecular formula is C12H12IN3O. The van der Waals surface area contributed by atoms with Crippen LogP contribution in [0.2, 0.25) is 0 Å². The first-order valence-electron chi connectivity index (χ1n) is 5.18. The SMILES string of the molecule is Cn1ccc(CNC(=O)c2ccccc2I)n1. The third kappa shape index (κ3) is 3.06. The number of carbonyl (C=O) groups is 1. The van der Waals surface area contributed by atoms with E-state index in [-0.39, 0.29) is 5.91 Å². The van der Waals surface area contributed by atoms with Gasteiger partial charge in [-0.1, -0.05) is 12.1 Å². The highest BCUT2D eigenvalue weighted by molar-refractivity contribution is 14.1. The maximum atomic E-state index is 11.9. The van der Waals surface area contributed by atoms with E-state index < -0.39 is 0 Å². The monoisotopic (exact) mass is 341 g/mol. The van der Waals surface area contributed by atoms with Crippen LogP contribution in [0.25, 0.3) is 0 Å². The van der Waals surface area contributed by atoms with Gasteiger partial charge in [-0.3, -0.25) is 9.48 Å². The van der Waals surface area contributed by atoms with E-state index in [4.69, 9.17) is 0 Å². The average Bonchev–Trinajstić information content (AvgIpc) is 2.73. The van der Waals surface area contributed by atoms with Crippen LogP contribution in [0.15, 0.2) is 36.5 Å². The van der Waals surface area contributed by atoms with E-state index >= 15 is 0 Å². The number of nitrogens with one attached hydrogen (secondary N) is 1. The van der Waals surface area contributed by atoms with Crippen LogP contribution in [-0.2, 0) is 13.6 Å². The maximum absolute atomic E-state index is 11.9. The van der Waals surface area contributed by atoms with E-state index in [1.807, 2.05) is 43.6 Å². The van der Waals surface area contributed by atoms with Crippen molar-refractivity contribution in [3.05, 3.63) is 51.4 Å². The molecule has 0 bridgehead atoms. The van der Waals surface area contributed by atoms with Crippen LogP contribution in [0.1, 0.15) is 16.1 Å². The van der Waals surface area contributed by atoms with Crippen molar-refractivity contribution in [3.8, 4) is 0 Å². The lowest BCUT2D eigenvalue weighted by Crippen LogP contribution is -2.23. The lowest BCUT2D eigenvalue weighted by atomic mass is 10.2. The molecule has 0 radical (unpaired) electrons. The lowest BCUT2D eigenvalue weighted by Gasteiger charge is -2.04. The molecule has 0 saturated carbocycles. The summed E-state index contributed by atoms with van der Waals surface area (Å²) in [5.74, 6) is -0.0688. The topological polar surface area (TPSA) is 46.9 Å². The normalized spacial score (nSPS) is 10.2. The number of aryl methyl sites for hydroxylation is 1. The summed E-state index contributed by atoms with van der Waals surface area (Å²) in [6.07, 6.45) is 1.85. The number of aromatic nitrogens is 2. The molecule has 0 spiro atoms. The Morgan fingerprint density at radius 2 is 2.18 bits per heavy atom. The Morgan fingerprint density at radius 3 is 2.82 bits per heavy atom. The van der Waals surface area contributed by atoms with Crippen molar-refractivity contribution < 1.29 is 4.79 Å². The Morgan fingerprint density at radius 1 is 1.41 bits per heavy atom. The van der Waals surface area contributed by atoms with Crippen LogP contribution in [0.5, 0.6) is 0 Å². The Kier molecular flexibility index (Phi) is 3.78. The van der Waals surface area contributed by atoms with Crippen molar-refractivity contribution in [2.75, 3.05) is 0 Å². The molecule has 1 heterocycles. The number of hydrogen-bond donors (Lipinski definition) is 1. The Bertz CT molecular complexity index is 536. The minimum absolute atomic E-state index is 0.0688. The molecule has 0 saturated heterocycles. The molecule has 88 valence electrons. The minimum atomic E-state index is -0.0688. The molecule has 1 aromatic carbocycles. The van der Waals surface area contributed by atoms with Gasteiger partial charge in [0.05, 0.1) is 17.8 Å². The largest absolute Gasteiger partial charge is 0.346 e. The molecule has 0 aliphatic heterocycles. The predicted octanol–water partition coefficient (Wildman–Crippen LogP) is 1.95. The van der Waals surface area contributed by atoms with E-state index in [9.17, 15) is 4.79 Å². The second kappa shape index (κ2) is 5.31. The molecular weight excluding hydrogens is 329 g/mol. The van der Waals surface area contributed by atoms with Gasteiger partial charge in [0.1, 0.15) is 0 Å². The summed E-state index contributed by atoms with van der Waals surface area (Å²) in [6.45, 7) is 0.449. The van der Waals surface area contributed by atoms with Crippen molar-refractivity contribution in [2.24, 2.45) is 7.05 Å². The molecule has 0 aliphatic carbocycles. The molecule has 0 aliphatic rings. The quantitative estimate of drug-likeness (QED) is 0.868. The number of amides is 1. The van der Waals surface area contributed by atoms with Gasteiger partial charge >= 0.3 is 0 Å². The van der Waals surface area contributed by atoms with Gasteiger partial charge in [0.15, 0.2) is 0 Å². The van der Waals surface area contributed by atoms with Crippen molar-refractivity contribution in [1.82, 2.24) is 15.1 Å². The average molecular weight is 341 g/mol. The van der Waals surface area contributed by atoms with Gasteiger partial charge in [0, 0.05) is 16.8 Å². The van der Waals surface area contributed by atoms with Crippen LogP contribution in [-0.4, -0.2) is 15.7 Å². The molecule has 4 nitrogen and oxygen atoms in total. The zero-order valence-corrected chi connectivity index (χ0v) is 11.5.